The molecule has 1 heterocycles. The first-order valence-electron chi connectivity index (χ1n) is 7.24. The molecule has 1 aliphatic heterocycles. The average Bonchev–Trinajstić information content (AvgIpc) is 2.32. The molecule has 0 aromatic heterocycles. The van der Waals surface area contributed by atoms with Crippen LogP contribution in [0.5, 0.6) is 5.75 Å². The smallest absolute Gasteiger partial charge is 0.142 e. The van der Waals surface area contributed by atoms with Crippen molar-refractivity contribution in [2.24, 2.45) is 0 Å². The predicted molar refractivity (Wildman–Crippen MR) is 79.0 cm³/mol. The van der Waals surface area contributed by atoms with E-state index in [-0.39, 0.29) is 0 Å². The summed E-state index contributed by atoms with van der Waals surface area (Å²) in [4.78, 5) is 0. The van der Waals surface area contributed by atoms with Crippen LogP contribution >= 0.6 is 0 Å². The minimum atomic E-state index is 0.322. The summed E-state index contributed by atoms with van der Waals surface area (Å²) in [5.74, 6) is 0.953. The van der Waals surface area contributed by atoms with Gasteiger partial charge in [-0.2, -0.15) is 0 Å². The fourth-order valence-electron chi connectivity index (χ4n) is 2.77. The Morgan fingerprint density at radius 3 is 2.58 bits per heavy atom. The Kier molecular flexibility index (Phi) is 4.70. The number of nitrogens with one attached hydrogen (secondary N) is 1. The Balaban J connectivity index is 2.09. The number of anilines is 1. The van der Waals surface area contributed by atoms with Crippen LogP contribution < -0.4 is 10.1 Å². The van der Waals surface area contributed by atoms with E-state index >= 15 is 0 Å². The van der Waals surface area contributed by atoms with Crippen molar-refractivity contribution in [3.8, 4) is 5.75 Å². The van der Waals surface area contributed by atoms with Crippen LogP contribution in [0.3, 0.4) is 0 Å². The number of hydrogen-bond donors (Lipinski definition) is 1. The zero-order chi connectivity index (χ0) is 13.8. The maximum atomic E-state index is 5.78. The molecule has 1 N–H and O–H groups in total. The van der Waals surface area contributed by atoms with Gasteiger partial charge in [0, 0.05) is 6.04 Å². The van der Waals surface area contributed by atoms with Gasteiger partial charge in [-0.05, 0) is 58.2 Å². The average molecular weight is 263 g/mol. The molecule has 1 aliphatic rings. The van der Waals surface area contributed by atoms with E-state index in [0.29, 0.717) is 24.9 Å². The van der Waals surface area contributed by atoms with Crippen LogP contribution in [0.1, 0.15) is 39.2 Å². The first kappa shape index (κ1) is 14.2. The van der Waals surface area contributed by atoms with Crippen molar-refractivity contribution in [2.75, 3.05) is 11.9 Å². The molecule has 0 aliphatic carbocycles. The van der Waals surface area contributed by atoms with Gasteiger partial charge in [-0.3, -0.25) is 0 Å². The van der Waals surface area contributed by atoms with Crippen molar-refractivity contribution >= 4 is 5.69 Å². The molecule has 1 aromatic carbocycles. The molecule has 2 atom stereocenters. The number of ether oxygens (including phenoxy) is 2. The third kappa shape index (κ3) is 3.87. The number of benzene rings is 1. The molecule has 0 spiro atoms. The van der Waals surface area contributed by atoms with Crippen LogP contribution in [-0.4, -0.2) is 24.9 Å². The SMILES string of the molecule is CCOc1cc(C)ccc1NC1CC(C)OC(C)C1. The number of rotatable bonds is 4. The highest BCUT2D eigenvalue weighted by Gasteiger charge is 2.24. The summed E-state index contributed by atoms with van der Waals surface area (Å²) >= 11 is 0. The molecule has 0 bridgehead atoms. The van der Waals surface area contributed by atoms with Crippen molar-refractivity contribution < 1.29 is 9.47 Å². The highest BCUT2D eigenvalue weighted by atomic mass is 16.5. The maximum Gasteiger partial charge on any atom is 0.142 e. The van der Waals surface area contributed by atoms with Crippen molar-refractivity contribution in [1.29, 1.82) is 0 Å². The Morgan fingerprint density at radius 2 is 1.95 bits per heavy atom. The molecular weight excluding hydrogens is 238 g/mol. The van der Waals surface area contributed by atoms with Crippen LogP contribution in [0.4, 0.5) is 5.69 Å². The Morgan fingerprint density at radius 1 is 1.26 bits per heavy atom. The van der Waals surface area contributed by atoms with Crippen LogP contribution in [0.25, 0.3) is 0 Å². The lowest BCUT2D eigenvalue weighted by Gasteiger charge is -2.33. The molecular formula is C16H25NO2. The van der Waals surface area contributed by atoms with Crippen molar-refractivity contribution in [3.63, 3.8) is 0 Å². The Bertz CT molecular complexity index is 409. The lowest BCUT2D eigenvalue weighted by atomic mass is 9.99. The summed E-state index contributed by atoms with van der Waals surface area (Å²) in [5, 5.41) is 3.62. The molecule has 1 fully saturated rings. The van der Waals surface area contributed by atoms with Gasteiger partial charge in [-0.25, -0.2) is 0 Å². The van der Waals surface area contributed by atoms with Crippen LogP contribution in [0.15, 0.2) is 18.2 Å². The molecule has 1 saturated heterocycles. The van der Waals surface area contributed by atoms with Gasteiger partial charge in [0.05, 0.1) is 24.5 Å². The minimum absolute atomic E-state index is 0.322. The first-order valence-corrected chi connectivity index (χ1v) is 7.24. The van der Waals surface area contributed by atoms with Gasteiger partial charge in [0.1, 0.15) is 5.75 Å². The zero-order valence-corrected chi connectivity index (χ0v) is 12.4. The second-order valence-corrected chi connectivity index (χ2v) is 5.50. The standard InChI is InChI=1S/C16H25NO2/c1-5-18-16-8-11(2)6-7-15(16)17-14-9-12(3)19-13(4)10-14/h6-8,12-14,17H,5,9-10H2,1-4H3. The second kappa shape index (κ2) is 6.29. The summed E-state index contributed by atoms with van der Waals surface area (Å²) in [6.07, 6.45) is 2.73. The van der Waals surface area contributed by atoms with Crippen molar-refractivity contribution in [3.05, 3.63) is 23.8 Å². The molecule has 3 nitrogen and oxygen atoms in total. The molecule has 2 unspecified atom stereocenters. The van der Waals surface area contributed by atoms with E-state index in [2.05, 4.69) is 44.3 Å². The summed E-state index contributed by atoms with van der Waals surface area (Å²) in [7, 11) is 0. The largest absolute Gasteiger partial charge is 0.492 e. The monoisotopic (exact) mass is 263 g/mol. The highest BCUT2D eigenvalue weighted by molar-refractivity contribution is 5.58. The number of hydrogen-bond acceptors (Lipinski definition) is 3. The van der Waals surface area contributed by atoms with Crippen molar-refractivity contribution in [1.82, 2.24) is 0 Å². The summed E-state index contributed by atoms with van der Waals surface area (Å²) < 4.78 is 11.5. The maximum absolute atomic E-state index is 5.78. The molecule has 0 radical (unpaired) electrons. The third-order valence-electron chi connectivity index (χ3n) is 3.49. The lowest BCUT2D eigenvalue weighted by molar-refractivity contribution is -0.0338. The molecule has 3 heteroatoms. The van der Waals surface area contributed by atoms with Gasteiger partial charge in [-0.1, -0.05) is 6.07 Å². The summed E-state index contributed by atoms with van der Waals surface area (Å²) in [6.45, 7) is 9.08. The molecule has 19 heavy (non-hydrogen) atoms. The fourth-order valence-corrected chi connectivity index (χ4v) is 2.77. The van der Waals surface area contributed by atoms with Crippen LogP contribution in [0.2, 0.25) is 0 Å². The van der Waals surface area contributed by atoms with Gasteiger partial charge < -0.3 is 14.8 Å². The summed E-state index contributed by atoms with van der Waals surface area (Å²) in [6, 6.07) is 6.79. The van der Waals surface area contributed by atoms with Gasteiger partial charge in [0.2, 0.25) is 0 Å². The normalized spacial score (nSPS) is 27.1. The predicted octanol–water partition coefficient (Wildman–Crippen LogP) is 3.76. The Hall–Kier alpha value is -1.22. The topological polar surface area (TPSA) is 30.5 Å². The highest BCUT2D eigenvalue weighted by Crippen LogP contribution is 2.29. The van der Waals surface area contributed by atoms with Crippen LogP contribution in [-0.2, 0) is 4.74 Å². The second-order valence-electron chi connectivity index (χ2n) is 5.50. The molecule has 0 amide bonds. The minimum Gasteiger partial charge on any atom is -0.492 e. The van der Waals surface area contributed by atoms with Crippen molar-refractivity contribution in [2.45, 2.75) is 58.8 Å². The van der Waals surface area contributed by atoms with E-state index < -0.39 is 0 Å². The zero-order valence-electron chi connectivity index (χ0n) is 12.4. The molecule has 1 aromatic rings. The molecule has 106 valence electrons. The van der Waals surface area contributed by atoms with Crippen LogP contribution in [0, 0.1) is 6.92 Å². The molecule has 2 rings (SSSR count). The van der Waals surface area contributed by atoms with E-state index in [1.54, 1.807) is 0 Å². The van der Waals surface area contributed by atoms with Gasteiger partial charge >= 0.3 is 0 Å². The molecule has 0 saturated carbocycles. The fraction of sp³-hybridized carbons (Fsp3) is 0.625. The number of aryl methyl sites for hydroxylation is 1. The van der Waals surface area contributed by atoms with E-state index in [1.165, 1.54) is 5.56 Å². The van der Waals surface area contributed by atoms with E-state index in [4.69, 9.17) is 9.47 Å². The van der Waals surface area contributed by atoms with E-state index in [0.717, 1.165) is 24.3 Å². The summed E-state index contributed by atoms with van der Waals surface area (Å²) in [5.41, 5.74) is 2.32. The quantitative estimate of drug-likeness (QED) is 0.897. The van der Waals surface area contributed by atoms with Gasteiger partial charge in [0.15, 0.2) is 0 Å². The lowest BCUT2D eigenvalue weighted by Crippen LogP contribution is -2.36. The van der Waals surface area contributed by atoms with Gasteiger partial charge in [-0.15, -0.1) is 0 Å². The first-order chi connectivity index (χ1) is 9.08. The Labute approximate surface area is 116 Å². The van der Waals surface area contributed by atoms with E-state index in [1.807, 2.05) is 6.92 Å². The van der Waals surface area contributed by atoms with Gasteiger partial charge in [0.25, 0.3) is 0 Å². The van der Waals surface area contributed by atoms with E-state index in [9.17, 15) is 0 Å². The third-order valence-corrected chi connectivity index (χ3v) is 3.49.